The Bertz CT molecular complexity index is 1030. The highest BCUT2D eigenvalue weighted by Gasteiger charge is 2.22. The number of amides is 1. The molecule has 2 aromatic carbocycles. The minimum Gasteiger partial charge on any atom is -0.505 e. The van der Waals surface area contributed by atoms with Crippen molar-refractivity contribution in [1.29, 1.82) is 0 Å². The van der Waals surface area contributed by atoms with Crippen LogP contribution < -0.4 is 0 Å². The van der Waals surface area contributed by atoms with Crippen LogP contribution in [0.25, 0.3) is 21.7 Å². The summed E-state index contributed by atoms with van der Waals surface area (Å²) in [6.07, 6.45) is 5.08. The SMILES string of the molecule is CC(C)c1cc2c(O)c(N=NC(=O)C3CCCCC3)c3ccccc3c2o1. The molecule has 27 heavy (non-hydrogen) atoms. The molecule has 3 aromatic rings. The Kier molecular flexibility index (Phi) is 4.68. The molecule has 1 fully saturated rings. The van der Waals surface area contributed by atoms with E-state index in [-0.39, 0.29) is 23.5 Å². The molecule has 0 aliphatic heterocycles. The molecule has 1 N–H and O–H groups in total. The molecule has 140 valence electrons. The highest BCUT2D eigenvalue weighted by Crippen LogP contribution is 2.45. The molecule has 5 heteroatoms. The van der Waals surface area contributed by atoms with E-state index in [0.29, 0.717) is 16.7 Å². The highest BCUT2D eigenvalue weighted by atomic mass is 16.3. The Morgan fingerprint density at radius 1 is 1.11 bits per heavy atom. The summed E-state index contributed by atoms with van der Waals surface area (Å²) in [5.41, 5.74) is 0.975. The van der Waals surface area contributed by atoms with Crippen molar-refractivity contribution in [2.24, 2.45) is 16.1 Å². The van der Waals surface area contributed by atoms with Crippen LogP contribution in [-0.4, -0.2) is 11.0 Å². The van der Waals surface area contributed by atoms with Gasteiger partial charge in [-0.15, -0.1) is 10.2 Å². The van der Waals surface area contributed by atoms with Gasteiger partial charge in [-0.1, -0.05) is 57.4 Å². The van der Waals surface area contributed by atoms with Gasteiger partial charge in [-0.05, 0) is 18.9 Å². The number of furan rings is 1. The van der Waals surface area contributed by atoms with Crippen molar-refractivity contribution >= 4 is 33.3 Å². The largest absolute Gasteiger partial charge is 0.505 e. The van der Waals surface area contributed by atoms with E-state index in [1.165, 1.54) is 6.42 Å². The van der Waals surface area contributed by atoms with Gasteiger partial charge in [0.1, 0.15) is 17.0 Å². The number of fused-ring (bicyclic) bond motifs is 3. The van der Waals surface area contributed by atoms with Crippen LogP contribution >= 0.6 is 0 Å². The van der Waals surface area contributed by atoms with Crippen LogP contribution in [0.15, 0.2) is 45.0 Å². The first-order valence-corrected chi connectivity index (χ1v) is 9.69. The lowest BCUT2D eigenvalue weighted by atomic mass is 9.89. The van der Waals surface area contributed by atoms with E-state index in [1.807, 2.05) is 44.2 Å². The van der Waals surface area contributed by atoms with Crippen LogP contribution in [0.4, 0.5) is 5.69 Å². The highest BCUT2D eigenvalue weighted by molar-refractivity contribution is 6.13. The normalized spacial score (nSPS) is 16.1. The van der Waals surface area contributed by atoms with Gasteiger partial charge in [0.05, 0.1) is 5.39 Å². The zero-order valence-corrected chi connectivity index (χ0v) is 15.7. The summed E-state index contributed by atoms with van der Waals surface area (Å²) in [4.78, 5) is 12.4. The third-order valence-electron chi connectivity index (χ3n) is 5.43. The van der Waals surface area contributed by atoms with E-state index < -0.39 is 0 Å². The monoisotopic (exact) mass is 364 g/mol. The molecule has 0 bridgehead atoms. The Morgan fingerprint density at radius 3 is 2.52 bits per heavy atom. The molecular weight excluding hydrogens is 340 g/mol. The number of hydrogen-bond acceptors (Lipinski definition) is 4. The third-order valence-corrected chi connectivity index (χ3v) is 5.43. The summed E-state index contributed by atoms with van der Waals surface area (Å²) in [6.45, 7) is 4.08. The molecule has 0 atom stereocenters. The van der Waals surface area contributed by atoms with E-state index in [0.717, 1.165) is 42.2 Å². The van der Waals surface area contributed by atoms with E-state index in [4.69, 9.17) is 4.42 Å². The predicted octanol–water partition coefficient (Wildman–Crippen LogP) is 6.61. The molecule has 0 radical (unpaired) electrons. The minimum atomic E-state index is -0.187. The Labute approximate surface area is 158 Å². The summed E-state index contributed by atoms with van der Waals surface area (Å²) in [5.74, 6) is 0.792. The summed E-state index contributed by atoms with van der Waals surface area (Å²) in [6, 6.07) is 9.45. The quantitative estimate of drug-likeness (QED) is 0.532. The van der Waals surface area contributed by atoms with Crippen molar-refractivity contribution in [2.45, 2.75) is 51.9 Å². The van der Waals surface area contributed by atoms with E-state index in [2.05, 4.69) is 10.2 Å². The van der Waals surface area contributed by atoms with Gasteiger partial charge in [-0.3, -0.25) is 4.79 Å². The first-order chi connectivity index (χ1) is 13.1. The maximum atomic E-state index is 12.4. The maximum Gasteiger partial charge on any atom is 0.267 e. The Hall–Kier alpha value is -2.69. The standard InChI is InChI=1S/C22H24N2O3/c1-13(2)18-12-17-20(25)19(15-10-6-7-11-16(15)21(17)27-18)23-24-22(26)14-8-4-3-5-9-14/h6-7,10-14,25H,3-5,8-9H2,1-2H3. The van der Waals surface area contributed by atoms with Crippen LogP contribution in [0, 0.1) is 5.92 Å². The van der Waals surface area contributed by atoms with Crippen LogP contribution in [0.5, 0.6) is 5.75 Å². The lowest BCUT2D eigenvalue weighted by Crippen LogP contribution is -2.15. The summed E-state index contributed by atoms with van der Waals surface area (Å²) >= 11 is 0. The topological polar surface area (TPSA) is 75.2 Å². The van der Waals surface area contributed by atoms with Crippen molar-refractivity contribution < 1.29 is 14.3 Å². The lowest BCUT2D eigenvalue weighted by molar-refractivity contribution is -0.122. The fourth-order valence-corrected chi connectivity index (χ4v) is 3.85. The number of rotatable bonds is 3. The van der Waals surface area contributed by atoms with Crippen molar-refractivity contribution in [1.82, 2.24) is 0 Å². The Morgan fingerprint density at radius 2 is 1.81 bits per heavy atom. The van der Waals surface area contributed by atoms with E-state index in [1.54, 1.807) is 0 Å². The number of carbonyl (C=O) groups is 1. The smallest absolute Gasteiger partial charge is 0.267 e. The van der Waals surface area contributed by atoms with Gasteiger partial charge in [0, 0.05) is 22.6 Å². The Balaban J connectivity index is 1.82. The second-order valence-electron chi connectivity index (χ2n) is 7.66. The number of carbonyl (C=O) groups excluding carboxylic acids is 1. The fraction of sp³-hybridized carbons (Fsp3) is 0.409. The van der Waals surface area contributed by atoms with Crippen molar-refractivity contribution in [3.63, 3.8) is 0 Å². The van der Waals surface area contributed by atoms with Gasteiger partial charge in [0.2, 0.25) is 0 Å². The first-order valence-electron chi connectivity index (χ1n) is 9.69. The molecule has 1 aliphatic carbocycles. The number of azo groups is 1. The number of hydrogen-bond donors (Lipinski definition) is 1. The average Bonchev–Trinajstić information content (AvgIpc) is 3.15. The molecule has 1 saturated carbocycles. The molecule has 0 unspecified atom stereocenters. The number of phenols is 1. The molecule has 4 rings (SSSR count). The van der Waals surface area contributed by atoms with Gasteiger partial charge in [0.25, 0.3) is 5.91 Å². The number of phenolic OH excluding ortho intramolecular Hbond substituents is 1. The van der Waals surface area contributed by atoms with Gasteiger partial charge in [0.15, 0.2) is 5.75 Å². The van der Waals surface area contributed by atoms with Crippen LogP contribution in [0.3, 0.4) is 0 Å². The second-order valence-corrected chi connectivity index (χ2v) is 7.66. The molecule has 1 aliphatic rings. The van der Waals surface area contributed by atoms with Crippen LogP contribution in [0.2, 0.25) is 0 Å². The van der Waals surface area contributed by atoms with E-state index >= 15 is 0 Å². The van der Waals surface area contributed by atoms with Crippen molar-refractivity contribution in [3.8, 4) is 5.75 Å². The van der Waals surface area contributed by atoms with Crippen LogP contribution in [0.1, 0.15) is 57.6 Å². The molecular formula is C22H24N2O3. The molecule has 1 heterocycles. The average molecular weight is 364 g/mol. The fourth-order valence-electron chi connectivity index (χ4n) is 3.85. The molecule has 0 spiro atoms. The van der Waals surface area contributed by atoms with Gasteiger partial charge >= 0.3 is 0 Å². The van der Waals surface area contributed by atoms with Gasteiger partial charge in [-0.2, -0.15) is 0 Å². The number of aromatic hydroxyl groups is 1. The van der Waals surface area contributed by atoms with E-state index in [9.17, 15) is 9.90 Å². The molecule has 1 amide bonds. The summed E-state index contributed by atoms with van der Waals surface area (Å²) < 4.78 is 6.00. The predicted molar refractivity (Wildman–Crippen MR) is 106 cm³/mol. The lowest BCUT2D eigenvalue weighted by Gasteiger charge is -2.17. The second kappa shape index (κ2) is 7.14. The van der Waals surface area contributed by atoms with Gasteiger partial charge < -0.3 is 9.52 Å². The van der Waals surface area contributed by atoms with Gasteiger partial charge in [-0.25, -0.2) is 0 Å². The molecule has 5 nitrogen and oxygen atoms in total. The zero-order chi connectivity index (χ0) is 19.0. The van der Waals surface area contributed by atoms with Crippen LogP contribution in [-0.2, 0) is 4.79 Å². The van der Waals surface area contributed by atoms with Crippen molar-refractivity contribution in [3.05, 3.63) is 36.1 Å². The first kappa shape index (κ1) is 17.7. The molecule has 0 saturated heterocycles. The number of nitrogens with zero attached hydrogens (tertiary/aromatic N) is 2. The minimum absolute atomic E-state index is 0.0135. The zero-order valence-electron chi connectivity index (χ0n) is 15.7. The molecule has 1 aromatic heterocycles. The summed E-state index contributed by atoms with van der Waals surface area (Å²) in [5, 5.41) is 21.2. The summed E-state index contributed by atoms with van der Waals surface area (Å²) in [7, 11) is 0. The number of benzene rings is 2. The third kappa shape index (κ3) is 3.22. The van der Waals surface area contributed by atoms with Crippen molar-refractivity contribution in [2.75, 3.05) is 0 Å². The maximum absolute atomic E-state index is 12.4.